The van der Waals surface area contributed by atoms with Gasteiger partial charge in [-0.3, -0.25) is 9.59 Å². The molecule has 1 atom stereocenters. The smallest absolute Gasteiger partial charge is 0.228 e. The summed E-state index contributed by atoms with van der Waals surface area (Å²) in [4.78, 5) is 32.5. The predicted molar refractivity (Wildman–Crippen MR) is 92.7 cm³/mol. The minimum atomic E-state index is -0.270. The third kappa shape index (κ3) is 3.57. The molecule has 6 nitrogen and oxygen atoms in total. The van der Waals surface area contributed by atoms with Crippen LogP contribution in [-0.4, -0.2) is 60.5 Å². The predicted octanol–water partition coefficient (Wildman–Crippen LogP) is 1.75. The van der Waals surface area contributed by atoms with Crippen LogP contribution in [0.2, 0.25) is 0 Å². The third-order valence-corrected chi connectivity index (χ3v) is 5.24. The lowest BCUT2D eigenvalue weighted by Crippen LogP contribution is -2.35. The average molecular weight is 347 g/mol. The van der Waals surface area contributed by atoms with E-state index in [0.717, 1.165) is 15.2 Å². The first-order valence-corrected chi connectivity index (χ1v) is 8.76. The van der Waals surface area contributed by atoms with Crippen LogP contribution < -0.4 is 0 Å². The monoisotopic (exact) mass is 347 g/mol. The van der Waals surface area contributed by atoms with Gasteiger partial charge in [-0.15, -0.1) is 11.3 Å². The zero-order valence-electron chi connectivity index (χ0n) is 13.9. The molecule has 0 unspecified atom stereocenters. The Morgan fingerprint density at radius 2 is 2.25 bits per heavy atom. The highest BCUT2D eigenvalue weighted by atomic mass is 32.1. The van der Waals surface area contributed by atoms with Crippen LogP contribution in [0.4, 0.5) is 0 Å². The van der Waals surface area contributed by atoms with Crippen LogP contribution in [0.3, 0.4) is 0 Å². The molecule has 2 aromatic rings. The summed E-state index contributed by atoms with van der Waals surface area (Å²) in [6.07, 6.45) is 0.284. The number of likely N-dealkylation sites (tertiary alicyclic amines) is 1. The molecule has 3 rings (SSSR count). The fourth-order valence-corrected chi connectivity index (χ4v) is 3.96. The van der Waals surface area contributed by atoms with Crippen molar-refractivity contribution in [2.45, 2.75) is 13.0 Å². The number of rotatable bonds is 6. The van der Waals surface area contributed by atoms with Gasteiger partial charge < -0.3 is 14.5 Å². The second-order valence-electron chi connectivity index (χ2n) is 6.00. The molecule has 0 spiro atoms. The average Bonchev–Trinajstić information content (AvgIpc) is 3.14. The summed E-state index contributed by atoms with van der Waals surface area (Å²) in [6, 6.07) is 7.94. The van der Waals surface area contributed by atoms with E-state index in [1.165, 1.54) is 0 Å². The van der Waals surface area contributed by atoms with Crippen LogP contribution >= 0.6 is 11.3 Å². The Hall–Kier alpha value is -1.99. The van der Waals surface area contributed by atoms with Gasteiger partial charge in [-0.05, 0) is 12.1 Å². The van der Waals surface area contributed by atoms with Gasteiger partial charge in [0.1, 0.15) is 5.01 Å². The molecule has 0 bridgehead atoms. The molecule has 1 aromatic carbocycles. The first kappa shape index (κ1) is 16.9. The number of methoxy groups -OCH3 is 1. The van der Waals surface area contributed by atoms with Crippen molar-refractivity contribution in [1.29, 1.82) is 0 Å². The molecular weight excluding hydrogens is 326 g/mol. The van der Waals surface area contributed by atoms with Crippen LogP contribution in [0.25, 0.3) is 10.2 Å². The van der Waals surface area contributed by atoms with Crippen molar-refractivity contribution in [3.63, 3.8) is 0 Å². The number of para-hydroxylation sites is 1. The second kappa shape index (κ2) is 7.27. The van der Waals surface area contributed by atoms with Crippen LogP contribution in [-0.2, 0) is 20.9 Å². The zero-order valence-corrected chi connectivity index (χ0v) is 14.7. The van der Waals surface area contributed by atoms with E-state index in [1.807, 2.05) is 24.3 Å². The van der Waals surface area contributed by atoms with Gasteiger partial charge in [0.25, 0.3) is 0 Å². The SMILES string of the molecule is COCCN1C[C@H](C(=O)N(C)Cc2nc3ccccc3s2)CC1=O. The molecule has 2 heterocycles. The number of ether oxygens (including phenoxy) is 1. The number of carbonyl (C=O) groups is 2. The standard InChI is InChI=1S/C17H21N3O3S/c1-19(11-15-18-13-5-3-4-6-14(13)24-15)17(22)12-9-16(21)20(10-12)7-8-23-2/h3-6,12H,7-11H2,1-2H3/t12-/m1/s1. The van der Waals surface area contributed by atoms with Gasteiger partial charge in [-0.2, -0.15) is 0 Å². The normalized spacial score (nSPS) is 17.7. The van der Waals surface area contributed by atoms with E-state index in [1.54, 1.807) is 35.3 Å². The molecule has 1 aliphatic rings. The minimum absolute atomic E-state index is 0.00234. The maximum absolute atomic E-state index is 12.6. The van der Waals surface area contributed by atoms with Crippen molar-refractivity contribution < 1.29 is 14.3 Å². The van der Waals surface area contributed by atoms with Crippen LogP contribution in [0.15, 0.2) is 24.3 Å². The molecule has 0 saturated carbocycles. The number of aromatic nitrogens is 1. The van der Waals surface area contributed by atoms with Crippen molar-refractivity contribution in [2.24, 2.45) is 5.92 Å². The molecule has 24 heavy (non-hydrogen) atoms. The Balaban J connectivity index is 1.61. The summed E-state index contributed by atoms with van der Waals surface area (Å²) in [6.45, 7) is 1.99. The lowest BCUT2D eigenvalue weighted by Gasteiger charge is -2.20. The summed E-state index contributed by atoms with van der Waals surface area (Å²) in [5.41, 5.74) is 0.958. The van der Waals surface area contributed by atoms with Crippen LogP contribution in [0, 0.1) is 5.92 Å². The van der Waals surface area contributed by atoms with Gasteiger partial charge >= 0.3 is 0 Å². The van der Waals surface area contributed by atoms with E-state index < -0.39 is 0 Å². The van der Waals surface area contributed by atoms with Crippen molar-refractivity contribution >= 4 is 33.4 Å². The van der Waals surface area contributed by atoms with Gasteiger partial charge in [0.05, 0.1) is 29.3 Å². The Kier molecular flexibility index (Phi) is 5.11. The van der Waals surface area contributed by atoms with Crippen molar-refractivity contribution in [2.75, 3.05) is 33.9 Å². The van der Waals surface area contributed by atoms with E-state index in [9.17, 15) is 9.59 Å². The van der Waals surface area contributed by atoms with Crippen molar-refractivity contribution in [3.05, 3.63) is 29.3 Å². The number of benzene rings is 1. The van der Waals surface area contributed by atoms with Crippen molar-refractivity contribution in [3.8, 4) is 0 Å². The van der Waals surface area contributed by atoms with E-state index >= 15 is 0 Å². The van der Waals surface area contributed by atoms with Gasteiger partial charge in [-0.1, -0.05) is 12.1 Å². The summed E-state index contributed by atoms with van der Waals surface area (Å²) in [5.74, 6) is -0.241. The van der Waals surface area contributed by atoms with Crippen LogP contribution in [0.5, 0.6) is 0 Å². The highest BCUT2D eigenvalue weighted by molar-refractivity contribution is 7.18. The number of carbonyl (C=O) groups excluding carboxylic acids is 2. The first-order chi connectivity index (χ1) is 11.6. The number of amides is 2. The fourth-order valence-electron chi connectivity index (χ4n) is 2.94. The quantitative estimate of drug-likeness (QED) is 0.799. The highest BCUT2D eigenvalue weighted by Gasteiger charge is 2.35. The molecule has 0 N–H and O–H groups in total. The Labute approximate surface area is 145 Å². The van der Waals surface area contributed by atoms with Gasteiger partial charge in [0.15, 0.2) is 0 Å². The largest absolute Gasteiger partial charge is 0.383 e. The zero-order chi connectivity index (χ0) is 17.1. The summed E-state index contributed by atoms with van der Waals surface area (Å²) in [7, 11) is 3.38. The lowest BCUT2D eigenvalue weighted by atomic mass is 10.1. The molecular formula is C17H21N3O3S. The van der Waals surface area contributed by atoms with Gasteiger partial charge in [0, 0.05) is 33.7 Å². The molecule has 1 aliphatic heterocycles. The topological polar surface area (TPSA) is 62.7 Å². The molecule has 1 fully saturated rings. The number of nitrogens with zero attached hydrogens (tertiary/aromatic N) is 3. The van der Waals surface area contributed by atoms with Gasteiger partial charge in [-0.25, -0.2) is 4.98 Å². The third-order valence-electron chi connectivity index (χ3n) is 4.22. The molecule has 1 saturated heterocycles. The Bertz CT molecular complexity index is 713. The summed E-state index contributed by atoms with van der Waals surface area (Å²) < 4.78 is 6.13. The summed E-state index contributed by atoms with van der Waals surface area (Å²) >= 11 is 1.60. The molecule has 7 heteroatoms. The second-order valence-corrected chi connectivity index (χ2v) is 7.12. The maximum atomic E-state index is 12.6. The Morgan fingerprint density at radius 1 is 1.46 bits per heavy atom. The highest BCUT2D eigenvalue weighted by Crippen LogP contribution is 2.24. The number of hydrogen-bond acceptors (Lipinski definition) is 5. The maximum Gasteiger partial charge on any atom is 0.228 e. The van der Waals surface area contributed by atoms with Gasteiger partial charge in [0.2, 0.25) is 11.8 Å². The summed E-state index contributed by atoms with van der Waals surface area (Å²) in [5, 5.41) is 0.910. The number of hydrogen-bond donors (Lipinski definition) is 0. The number of thiazole rings is 1. The lowest BCUT2D eigenvalue weighted by molar-refractivity contribution is -0.135. The Morgan fingerprint density at radius 3 is 3.00 bits per heavy atom. The fraction of sp³-hybridized carbons (Fsp3) is 0.471. The van der Waals surface area contributed by atoms with E-state index in [4.69, 9.17) is 4.74 Å². The first-order valence-electron chi connectivity index (χ1n) is 7.94. The molecule has 1 aromatic heterocycles. The van der Waals surface area contributed by atoms with E-state index in [0.29, 0.717) is 26.2 Å². The molecule has 0 radical (unpaired) electrons. The van der Waals surface area contributed by atoms with Crippen LogP contribution in [0.1, 0.15) is 11.4 Å². The van der Waals surface area contributed by atoms with E-state index in [2.05, 4.69) is 4.98 Å². The molecule has 0 aliphatic carbocycles. The number of fused-ring (bicyclic) bond motifs is 1. The molecule has 2 amide bonds. The molecule has 128 valence electrons. The van der Waals surface area contributed by atoms with E-state index in [-0.39, 0.29) is 24.2 Å². The minimum Gasteiger partial charge on any atom is -0.383 e. The van der Waals surface area contributed by atoms with Crippen molar-refractivity contribution in [1.82, 2.24) is 14.8 Å².